The number of piperidine rings is 1. The number of benzene rings is 1. The van der Waals surface area contributed by atoms with E-state index in [9.17, 15) is 4.79 Å². The first-order valence-corrected chi connectivity index (χ1v) is 9.68. The third-order valence-electron chi connectivity index (χ3n) is 4.53. The Hall–Kier alpha value is -1.50. The summed E-state index contributed by atoms with van der Waals surface area (Å²) in [6.45, 7) is 6.63. The number of carbonyl (C=O) groups is 1. The van der Waals surface area contributed by atoms with Gasteiger partial charge in [-0.25, -0.2) is 4.98 Å². The molecule has 1 aromatic heterocycles. The van der Waals surface area contributed by atoms with Gasteiger partial charge in [-0.2, -0.15) is 0 Å². The van der Waals surface area contributed by atoms with E-state index in [1.165, 1.54) is 0 Å². The second-order valence-corrected chi connectivity index (χ2v) is 7.63. The van der Waals surface area contributed by atoms with Crippen molar-refractivity contribution in [2.75, 3.05) is 31.1 Å². The van der Waals surface area contributed by atoms with Gasteiger partial charge in [0.05, 0.1) is 33.8 Å². The minimum atomic E-state index is 0.0403. The van der Waals surface area contributed by atoms with Crippen molar-refractivity contribution < 1.29 is 9.53 Å². The first kappa shape index (κ1) is 19.3. The van der Waals surface area contributed by atoms with E-state index in [0.29, 0.717) is 23.2 Å². The number of nitrogens with zero attached hydrogens (tertiary/aromatic N) is 2. The predicted molar refractivity (Wildman–Crippen MR) is 105 cm³/mol. The van der Waals surface area contributed by atoms with E-state index in [-0.39, 0.29) is 17.9 Å². The van der Waals surface area contributed by atoms with Crippen molar-refractivity contribution in [2.24, 2.45) is 5.92 Å². The molecule has 1 fully saturated rings. The van der Waals surface area contributed by atoms with Crippen molar-refractivity contribution in [3.63, 3.8) is 0 Å². The number of aromatic amines is 1. The fourth-order valence-corrected chi connectivity index (χ4v) is 3.43. The summed E-state index contributed by atoms with van der Waals surface area (Å²) in [4.78, 5) is 22.3. The molecule has 0 spiro atoms. The van der Waals surface area contributed by atoms with Crippen LogP contribution in [-0.4, -0.2) is 48.2 Å². The van der Waals surface area contributed by atoms with Crippen LogP contribution in [0.5, 0.6) is 0 Å². The second-order valence-electron chi connectivity index (χ2n) is 6.82. The molecule has 0 saturated carbocycles. The number of H-pyrrole nitrogens is 1. The average molecular weight is 399 g/mol. The van der Waals surface area contributed by atoms with Crippen LogP contribution in [0.15, 0.2) is 12.1 Å². The molecular weight excluding hydrogens is 375 g/mol. The topological polar surface area (TPSA) is 70.2 Å². The molecule has 1 amide bonds. The third kappa shape index (κ3) is 4.61. The summed E-state index contributed by atoms with van der Waals surface area (Å²) in [6, 6.07) is 3.55. The van der Waals surface area contributed by atoms with E-state index in [1.54, 1.807) is 12.1 Å². The van der Waals surface area contributed by atoms with Crippen LogP contribution >= 0.6 is 23.2 Å². The largest absolute Gasteiger partial charge is 0.377 e. The van der Waals surface area contributed by atoms with Crippen molar-refractivity contribution in [3.05, 3.63) is 22.2 Å². The van der Waals surface area contributed by atoms with Crippen LogP contribution in [0.2, 0.25) is 10.0 Å². The molecule has 0 bridgehead atoms. The fourth-order valence-electron chi connectivity index (χ4n) is 3.11. The van der Waals surface area contributed by atoms with Gasteiger partial charge in [0, 0.05) is 25.6 Å². The van der Waals surface area contributed by atoms with Crippen LogP contribution in [0.1, 0.15) is 26.7 Å². The Morgan fingerprint density at radius 3 is 2.73 bits per heavy atom. The SMILES string of the molecule is CC(C)OCCNC(=O)C1CCN(c2nc3cc(Cl)c(Cl)cc3[nH]2)CC1. The molecule has 1 aliphatic rings. The molecule has 1 aliphatic heterocycles. The highest BCUT2D eigenvalue weighted by atomic mass is 35.5. The average Bonchev–Trinajstić information content (AvgIpc) is 3.01. The molecule has 2 heterocycles. The number of halogens is 2. The Bertz CT molecular complexity index is 731. The van der Waals surface area contributed by atoms with Crippen molar-refractivity contribution >= 4 is 46.1 Å². The van der Waals surface area contributed by atoms with E-state index in [4.69, 9.17) is 27.9 Å². The first-order chi connectivity index (χ1) is 12.4. The highest BCUT2D eigenvalue weighted by molar-refractivity contribution is 6.42. The normalized spacial score (nSPS) is 15.8. The predicted octanol–water partition coefficient (Wildman–Crippen LogP) is 3.63. The van der Waals surface area contributed by atoms with Crippen LogP contribution in [-0.2, 0) is 9.53 Å². The molecule has 6 nitrogen and oxygen atoms in total. The van der Waals surface area contributed by atoms with E-state index in [0.717, 1.165) is 42.9 Å². The number of hydrogen-bond donors (Lipinski definition) is 2. The van der Waals surface area contributed by atoms with Gasteiger partial charge in [-0.1, -0.05) is 23.2 Å². The van der Waals surface area contributed by atoms with E-state index >= 15 is 0 Å². The number of amides is 1. The minimum absolute atomic E-state index is 0.0403. The summed E-state index contributed by atoms with van der Waals surface area (Å²) in [5.74, 6) is 0.946. The zero-order valence-electron chi connectivity index (χ0n) is 15.0. The van der Waals surface area contributed by atoms with Gasteiger partial charge in [-0.15, -0.1) is 0 Å². The van der Waals surface area contributed by atoms with Crippen molar-refractivity contribution in [3.8, 4) is 0 Å². The van der Waals surface area contributed by atoms with Crippen LogP contribution in [0.25, 0.3) is 11.0 Å². The van der Waals surface area contributed by atoms with Crippen molar-refractivity contribution in [1.82, 2.24) is 15.3 Å². The first-order valence-electron chi connectivity index (χ1n) is 8.93. The van der Waals surface area contributed by atoms with Crippen molar-refractivity contribution in [1.29, 1.82) is 0 Å². The zero-order valence-corrected chi connectivity index (χ0v) is 16.5. The molecule has 26 heavy (non-hydrogen) atoms. The number of hydrogen-bond acceptors (Lipinski definition) is 4. The Balaban J connectivity index is 1.52. The molecular formula is C18H24Cl2N4O2. The Labute approximate surface area is 163 Å². The lowest BCUT2D eigenvalue weighted by Crippen LogP contribution is -2.41. The van der Waals surface area contributed by atoms with Gasteiger partial charge >= 0.3 is 0 Å². The summed E-state index contributed by atoms with van der Waals surface area (Å²) < 4.78 is 5.45. The molecule has 1 aromatic carbocycles. The van der Waals surface area contributed by atoms with Gasteiger partial charge < -0.3 is 19.9 Å². The Kier molecular flexibility index (Phi) is 6.27. The fraction of sp³-hybridized carbons (Fsp3) is 0.556. The maximum atomic E-state index is 12.3. The quantitative estimate of drug-likeness (QED) is 0.728. The van der Waals surface area contributed by atoms with Gasteiger partial charge in [0.25, 0.3) is 0 Å². The molecule has 1 saturated heterocycles. The molecule has 142 valence electrons. The van der Waals surface area contributed by atoms with E-state index in [1.807, 2.05) is 13.8 Å². The number of rotatable bonds is 6. The van der Waals surface area contributed by atoms with Gasteiger partial charge in [0.15, 0.2) is 0 Å². The van der Waals surface area contributed by atoms with Crippen LogP contribution in [0.3, 0.4) is 0 Å². The summed E-state index contributed by atoms with van der Waals surface area (Å²) in [7, 11) is 0. The molecule has 8 heteroatoms. The van der Waals surface area contributed by atoms with Gasteiger partial charge in [-0.05, 0) is 38.8 Å². The summed E-state index contributed by atoms with van der Waals surface area (Å²) in [5, 5.41) is 3.96. The van der Waals surface area contributed by atoms with Crippen molar-refractivity contribution in [2.45, 2.75) is 32.8 Å². The number of imidazole rings is 1. The third-order valence-corrected chi connectivity index (χ3v) is 5.25. The Morgan fingerprint density at radius 1 is 1.35 bits per heavy atom. The van der Waals surface area contributed by atoms with Crippen LogP contribution in [0.4, 0.5) is 5.95 Å². The van der Waals surface area contributed by atoms with E-state index in [2.05, 4.69) is 20.2 Å². The van der Waals surface area contributed by atoms with Crippen LogP contribution < -0.4 is 10.2 Å². The highest BCUT2D eigenvalue weighted by Crippen LogP contribution is 2.29. The Morgan fingerprint density at radius 2 is 2.04 bits per heavy atom. The molecule has 2 N–H and O–H groups in total. The maximum absolute atomic E-state index is 12.3. The standard InChI is InChI=1S/C18H24Cl2N4O2/c1-11(2)26-8-5-21-17(25)12-3-6-24(7-4-12)18-22-15-9-13(19)14(20)10-16(15)23-18/h9-12H,3-8H2,1-2H3,(H,21,25)(H,22,23). The number of anilines is 1. The molecule has 3 rings (SSSR count). The lowest BCUT2D eigenvalue weighted by Gasteiger charge is -2.31. The van der Waals surface area contributed by atoms with E-state index < -0.39 is 0 Å². The zero-order chi connectivity index (χ0) is 18.7. The van der Waals surface area contributed by atoms with Gasteiger partial charge in [0.1, 0.15) is 0 Å². The highest BCUT2D eigenvalue weighted by Gasteiger charge is 2.26. The summed E-state index contributed by atoms with van der Waals surface area (Å²) >= 11 is 12.1. The van der Waals surface area contributed by atoms with Crippen LogP contribution in [0, 0.1) is 5.92 Å². The minimum Gasteiger partial charge on any atom is -0.377 e. The number of fused-ring (bicyclic) bond motifs is 1. The summed E-state index contributed by atoms with van der Waals surface area (Å²) in [5.41, 5.74) is 1.65. The molecule has 0 unspecified atom stereocenters. The number of ether oxygens (including phenoxy) is 1. The monoisotopic (exact) mass is 398 g/mol. The molecule has 0 radical (unpaired) electrons. The molecule has 0 aliphatic carbocycles. The maximum Gasteiger partial charge on any atom is 0.223 e. The number of carbonyl (C=O) groups excluding carboxylic acids is 1. The number of nitrogens with one attached hydrogen (secondary N) is 2. The smallest absolute Gasteiger partial charge is 0.223 e. The summed E-state index contributed by atoms with van der Waals surface area (Å²) in [6.07, 6.45) is 1.79. The molecule has 0 atom stereocenters. The van der Waals surface area contributed by atoms with Gasteiger partial charge in [-0.3, -0.25) is 4.79 Å². The lowest BCUT2D eigenvalue weighted by molar-refractivity contribution is -0.125. The lowest BCUT2D eigenvalue weighted by atomic mass is 9.96. The second kappa shape index (κ2) is 8.46. The molecule has 2 aromatic rings. The van der Waals surface area contributed by atoms with Gasteiger partial charge in [0.2, 0.25) is 11.9 Å². The number of aromatic nitrogens is 2.